The Morgan fingerprint density at radius 1 is 1.00 bits per heavy atom. The second kappa shape index (κ2) is 9.82. The maximum atomic E-state index is 14.0. The number of para-hydroxylation sites is 1. The summed E-state index contributed by atoms with van der Waals surface area (Å²) in [6.07, 6.45) is 1.11. The number of nitrogens with one attached hydrogen (secondary N) is 1. The highest BCUT2D eigenvalue weighted by molar-refractivity contribution is 6.02. The maximum Gasteiger partial charge on any atom is 0.255 e. The van der Waals surface area contributed by atoms with Crippen LogP contribution >= 0.6 is 0 Å². The van der Waals surface area contributed by atoms with Crippen LogP contribution in [-0.2, 0) is 0 Å². The number of amides is 2. The summed E-state index contributed by atoms with van der Waals surface area (Å²) in [6.45, 7) is 8.47. The van der Waals surface area contributed by atoms with E-state index in [9.17, 15) is 9.59 Å². The van der Waals surface area contributed by atoms with E-state index in [1.165, 1.54) is 5.56 Å². The van der Waals surface area contributed by atoms with Gasteiger partial charge in [0.25, 0.3) is 11.8 Å². The quantitative estimate of drug-likeness (QED) is 0.479. The second-order valence-electron chi connectivity index (χ2n) is 11.1. The van der Waals surface area contributed by atoms with Gasteiger partial charge in [0.2, 0.25) is 0 Å². The third-order valence-electron chi connectivity index (χ3n) is 8.12. The van der Waals surface area contributed by atoms with E-state index >= 15 is 0 Å². The number of nitrogens with zero attached hydrogens (tertiary/aromatic N) is 1. The van der Waals surface area contributed by atoms with E-state index in [4.69, 9.17) is 9.47 Å². The summed E-state index contributed by atoms with van der Waals surface area (Å²) in [4.78, 5) is 29.2. The number of piperidine rings is 1. The topological polar surface area (TPSA) is 67.9 Å². The fourth-order valence-electron chi connectivity index (χ4n) is 5.91. The van der Waals surface area contributed by atoms with Crippen LogP contribution in [0.2, 0.25) is 0 Å². The van der Waals surface area contributed by atoms with Gasteiger partial charge in [0.05, 0.1) is 11.6 Å². The molecule has 0 spiro atoms. The van der Waals surface area contributed by atoms with Crippen LogP contribution in [0.3, 0.4) is 0 Å². The summed E-state index contributed by atoms with van der Waals surface area (Å²) in [5.74, 6) is 2.28. The number of hydrogen-bond donors (Lipinski definition) is 1. The fourth-order valence-corrected chi connectivity index (χ4v) is 5.91. The molecular weight excluding hydrogens is 476 g/mol. The standard InChI is InChI=1S/C32H34N2O4/c1-19(2)21-6-4-7-22(15-21)26-14-20(3)10-11-24(26)32(36)34-18-23-16-27(23)28(34)17-33-31(35)25-8-5-9-29-30(25)38-13-12-37-29/h4-11,14-15,19,23,27-28H,12-13,16-18H2,1-3H3,(H,33,35)/t23-,27-,28-/m1/s1. The lowest BCUT2D eigenvalue weighted by Gasteiger charge is -2.29. The lowest BCUT2D eigenvalue weighted by atomic mass is 9.93. The van der Waals surface area contributed by atoms with Gasteiger partial charge in [-0.25, -0.2) is 0 Å². The Morgan fingerprint density at radius 2 is 1.82 bits per heavy atom. The number of likely N-dealkylation sites (tertiary alicyclic amines) is 1. The third kappa shape index (κ3) is 4.53. The highest BCUT2D eigenvalue weighted by Crippen LogP contribution is 2.50. The van der Waals surface area contributed by atoms with Crippen molar-refractivity contribution in [2.75, 3.05) is 26.3 Å². The molecule has 1 saturated heterocycles. The van der Waals surface area contributed by atoms with Crippen LogP contribution < -0.4 is 14.8 Å². The average Bonchev–Trinajstić information content (AvgIpc) is 3.62. The minimum absolute atomic E-state index is 0.0238. The van der Waals surface area contributed by atoms with Gasteiger partial charge in [-0.05, 0) is 66.0 Å². The molecular formula is C32H34N2O4. The molecule has 0 aromatic heterocycles. The molecule has 2 heterocycles. The molecule has 0 unspecified atom stereocenters. The molecule has 2 aliphatic heterocycles. The van der Waals surface area contributed by atoms with E-state index in [-0.39, 0.29) is 17.9 Å². The summed E-state index contributed by atoms with van der Waals surface area (Å²) in [6, 6.07) is 19.9. The van der Waals surface area contributed by atoms with E-state index in [0.29, 0.717) is 54.6 Å². The smallest absolute Gasteiger partial charge is 0.255 e. The number of hydrogen-bond acceptors (Lipinski definition) is 4. The molecule has 196 valence electrons. The van der Waals surface area contributed by atoms with Gasteiger partial charge >= 0.3 is 0 Å². The molecule has 6 heteroatoms. The van der Waals surface area contributed by atoms with Crippen molar-refractivity contribution in [2.24, 2.45) is 11.8 Å². The normalized spacial score (nSPS) is 21.3. The predicted octanol–water partition coefficient (Wildman–Crippen LogP) is 5.45. The summed E-state index contributed by atoms with van der Waals surface area (Å²) in [5, 5.41) is 3.09. The van der Waals surface area contributed by atoms with Crippen molar-refractivity contribution >= 4 is 11.8 Å². The van der Waals surface area contributed by atoms with Crippen molar-refractivity contribution in [3.05, 3.63) is 82.9 Å². The molecule has 0 bridgehead atoms. The lowest BCUT2D eigenvalue weighted by Crippen LogP contribution is -2.45. The van der Waals surface area contributed by atoms with Gasteiger partial charge < -0.3 is 19.7 Å². The van der Waals surface area contributed by atoms with Gasteiger partial charge in [-0.1, -0.05) is 61.9 Å². The van der Waals surface area contributed by atoms with Crippen LogP contribution in [0.25, 0.3) is 11.1 Å². The van der Waals surface area contributed by atoms with E-state index in [2.05, 4.69) is 56.4 Å². The predicted molar refractivity (Wildman–Crippen MR) is 147 cm³/mol. The molecule has 3 atom stereocenters. The highest BCUT2D eigenvalue weighted by Gasteiger charge is 2.54. The Morgan fingerprint density at radius 3 is 2.66 bits per heavy atom. The first kappa shape index (κ1) is 24.5. The molecule has 1 N–H and O–H groups in total. The number of ether oxygens (including phenoxy) is 2. The first-order valence-electron chi connectivity index (χ1n) is 13.6. The molecule has 6 rings (SSSR count). The molecule has 3 aromatic rings. The van der Waals surface area contributed by atoms with Gasteiger partial charge in [-0.2, -0.15) is 0 Å². The van der Waals surface area contributed by atoms with E-state index in [1.54, 1.807) is 12.1 Å². The minimum Gasteiger partial charge on any atom is -0.486 e. The monoisotopic (exact) mass is 510 g/mol. The molecule has 1 saturated carbocycles. The molecule has 2 amide bonds. The lowest BCUT2D eigenvalue weighted by molar-refractivity contribution is 0.0695. The Kier molecular flexibility index (Phi) is 6.34. The fraction of sp³-hybridized carbons (Fsp3) is 0.375. The number of aryl methyl sites for hydroxylation is 1. The Balaban J connectivity index is 1.24. The highest BCUT2D eigenvalue weighted by atomic mass is 16.6. The first-order chi connectivity index (χ1) is 18.4. The summed E-state index contributed by atoms with van der Waals surface area (Å²) < 4.78 is 11.4. The molecule has 3 aliphatic rings. The summed E-state index contributed by atoms with van der Waals surface area (Å²) >= 11 is 0. The van der Waals surface area contributed by atoms with Crippen molar-refractivity contribution in [2.45, 2.75) is 39.2 Å². The van der Waals surface area contributed by atoms with Gasteiger partial charge in [-0.3, -0.25) is 9.59 Å². The maximum absolute atomic E-state index is 14.0. The molecule has 38 heavy (non-hydrogen) atoms. The molecule has 0 radical (unpaired) electrons. The van der Waals surface area contributed by atoms with Crippen LogP contribution in [0.4, 0.5) is 0 Å². The minimum atomic E-state index is -0.203. The molecule has 1 aliphatic carbocycles. The zero-order valence-electron chi connectivity index (χ0n) is 22.2. The van der Waals surface area contributed by atoms with Gasteiger partial charge in [0, 0.05) is 18.7 Å². The van der Waals surface area contributed by atoms with E-state index in [0.717, 1.165) is 35.2 Å². The zero-order valence-corrected chi connectivity index (χ0v) is 22.2. The van der Waals surface area contributed by atoms with Crippen molar-refractivity contribution in [3.63, 3.8) is 0 Å². The number of benzene rings is 3. The van der Waals surface area contributed by atoms with Gasteiger partial charge in [0.15, 0.2) is 11.5 Å². The SMILES string of the molecule is Cc1ccc(C(=O)N2C[C@H]3C[C@H]3[C@H]2CNC(=O)c2cccc3c2OCCO3)c(-c2cccc(C(C)C)c2)c1. The van der Waals surface area contributed by atoms with Crippen LogP contribution in [0.15, 0.2) is 60.7 Å². The Hall–Kier alpha value is -3.80. The van der Waals surface area contributed by atoms with Gasteiger partial charge in [-0.15, -0.1) is 0 Å². The number of rotatable bonds is 6. The third-order valence-corrected chi connectivity index (χ3v) is 8.12. The molecule has 3 aromatic carbocycles. The largest absolute Gasteiger partial charge is 0.486 e. The van der Waals surface area contributed by atoms with Crippen molar-refractivity contribution < 1.29 is 19.1 Å². The first-order valence-corrected chi connectivity index (χ1v) is 13.6. The van der Waals surface area contributed by atoms with Crippen LogP contribution in [-0.4, -0.2) is 49.1 Å². The van der Waals surface area contributed by atoms with Crippen LogP contribution in [0.1, 0.15) is 58.0 Å². The van der Waals surface area contributed by atoms with Gasteiger partial charge in [0.1, 0.15) is 13.2 Å². The Labute approximate surface area is 223 Å². The number of carbonyl (C=O) groups is 2. The summed E-state index contributed by atoms with van der Waals surface area (Å²) in [7, 11) is 0. The van der Waals surface area contributed by atoms with E-state index in [1.807, 2.05) is 23.1 Å². The number of carbonyl (C=O) groups excluding carboxylic acids is 2. The zero-order chi connectivity index (χ0) is 26.4. The van der Waals surface area contributed by atoms with Crippen LogP contribution in [0.5, 0.6) is 11.5 Å². The number of fused-ring (bicyclic) bond motifs is 2. The Bertz CT molecular complexity index is 1400. The second-order valence-corrected chi connectivity index (χ2v) is 11.1. The molecule has 6 nitrogen and oxygen atoms in total. The van der Waals surface area contributed by atoms with Crippen molar-refractivity contribution in [1.29, 1.82) is 0 Å². The average molecular weight is 511 g/mol. The van der Waals surface area contributed by atoms with Crippen LogP contribution in [0, 0.1) is 18.8 Å². The van der Waals surface area contributed by atoms with Crippen molar-refractivity contribution in [1.82, 2.24) is 10.2 Å². The molecule has 2 fully saturated rings. The van der Waals surface area contributed by atoms with Crippen molar-refractivity contribution in [3.8, 4) is 22.6 Å². The van der Waals surface area contributed by atoms with E-state index < -0.39 is 0 Å². The summed E-state index contributed by atoms with van der Waals surface area (Å²) in [5.41, 5.74) is 5.59.